The highest BCUT2D eigenvalue weighted by atomic mass is 32.1. The van der Waals surface area contributed by atoms with Gasteiger partial charge in [-0.3, -0.25) is 4.79 Å². The van der Waals surface area contributed by atoms with Gasteiger partial charge in [0, 0.05) is 18.0 Å². The number of anilines is 1. The number of aromatic nitrogens is 1. The Morgan fingerprint density at radius 2 is 2.00 bits per heavy atom. The van der Waals surface area contributed by atoms with Crippen LogP contribution in [0.15, 0.2) is 60.1 Å². The van der Waals surface area contributed by atoms with Crippen LogP contribution in [-0.2, 0) is 11.2 Å². The monoisotopic (exact) mass is 342 g/mol. The van der Waals surface area contributed by atoms with Crippen LogP contribution in [0.3, 0.4) is 0 Å². The number of halogens is 1. The molecule has 4 nitrogen and oxygen atoms in total. The number of ether oxygens (including phenoxy) is 1. The molecule has 1 heterocycles. The van der Waals surface area contributed by atoms with E-state index in [1.165, 1.54) is 23.5 Å². The molecule has 122 valence electrons. The molecule has 0 unspecified atom stereocenters. The first-order chi connectivity index (χ1) is 11.7. The van der Waals surface area contributed by atoms with Gasteiger partial charge in [-0.15, -0.1) is 11.3 Å². The Hall–Kier alpha value is -2.73. The van der Waals surface area contributed by atoms with Crippen LogP contribution >= 0.6 is 11.3 Å². The van der Waals surface area contributed by atoms with Crippen LogP contribution in [0.2, 0.25) is 0 Å². The molecule has 0 atom stereocenters. The molecule has 0 spiro atoms. The number of hydrogen-bond donors (Lipinski definition) is 1. The second kappa shape index (κ2) is 7.70. The van der Waals surface area contributed by atoms with Gasteiger partial charge in [0.25, 0.3) is 0 Å². The number of carbonyl (C=O) groups is 1. The Morgan fingerprint density at radius 3 is 2.75 bits per heavy atom. The van der Waals surface area contributed by atoms with Crippen molar-refractivity contribution in [2.75, 3.05) is 5.32 Å². The summed E-state index contributed by atoms with van der Waals surface area (Å²) in [5.41, 5.74) is 0.990. The predicted molar refractivity (Wildman–Crippen MR) is 92.0 cm³/mol. The van der Waals surface area contributed by atoms with Crippen LogP contribution < -0.4 is 10.1 Å². The van der Waals surface area contributed by atoms with Crippen LogP contribution in [0, 0.1) is 5.82 Å². The average molecular weight is 342 g/mol. The fraction of sp³-hybridized carbons (Fsp3) is 0.111. The van der Waals surface area contributed by atoms with E-state index in [1.807, 2.05) is 29.6 Å². The quantitative estimate of drug-likeness (QED) is 0.710. The maximum atomic E-state index is 12.9. The number of nitrogens with zero attached hydrogens (tertiary/aromatic N) is 1. The molecule has 0 aliphatic heterocycles. The van der Waals surface area contributed by atoms with Crippen LogP contribution in [-0.4, -0.2) is 10.9 Å². The molecule has 0 radical (unpaired) electrons. The summed E-state index contributed by atoms with van der Waals surface area (Å²) in [5.74, 6) is 0.839. The van der Waals surface area contributed by atoms with Gasteiger partial charge in [0.15, 0.2) is 5.13 Å². The SMILES string of the molecule is O=C(CCc1cccc(Oc2ccc(F)cc2)c1)Nc1nccs1. The van der Waals surface area contributed by atoms with Gasteiger partial charge in [-0.25, -0.2) is 9.37 Å². The van der Waals surface area contributed by atoms with E-state index in [1.54, 1.807) is 18.3 Å². The molecule has 3 rings (SSSR count). The molecule has 0 fully saturated rings. The van der Waals surface area contributed by atoms with Gasteiger partial charge < -0.3 is 10.1 Å². The lowest BCUT2D eigenvalue weighted by Crippen LogP contribution is -2.12. The Bertz CT molecular complexity index is 804. The lowest BCUT2D eigenvalue weighted by atomic mass is 10.1. The number of rotatable bonds is 6. The Labute approximate surface area is 142 Å². The van der Waals surface area contributed by atoms with Crippen molar-refractivity contribution >= 4 is 22.4 Å². The van der Waals surface area contributed by atoms with E-state index in [2.05, 4.69) is 10.3 Å². The highest BCUT2D eigenvalue weighted by molar-refractivity contribution is 7.13. The minimum atomic E-state index is -0.303. The van der Waals surface area contributed by atoms with Crippen molar-refractivity contribution in [3.63, 3.8) is 0 Å². The molecule has 1 N–H and O–H groups in total. The topological polar surface area (TPSA) is 51.2 Å². The lowest BCUT2D eigenvalue weighted by molar-refractivity contribution is -0.116. The fourth-order valence-corrected chi connectivity index (χ4v) is 2.67. The summed E-state index contributed by atoms with van der Waals surface area (Å²) in [5, 5.41) is 5.17. The number of hydrogen-bond acceptors (Lipinski definition) is 4. The number of nitrogens with one attached hydrogen (secondary N) is 1. The first kappa shape index (κ1) is 16.1. The smallest absolute Gasteiger partial charge is 0.226 e. The molecule has 0 aliphatic rings. The molecule has 1 amide bonds. The number of carbonyl (C=O) groups excluding carboxylic acids is 1. The van der Waals surface area contributed by atoms with Crippen molar-refractivity contribution < 1.29 is 13.9 Å². The molecular formula is C18H15FN2O2S. The zero-order chi connectivity index (χ0) is 16.8. The summed E-state index contributed by atoms with van der Waals surface area (Å²) in [6.07, 6.45) is 2.61. The van der Waals surface area contributed by atoms with E-state index < -0.39 is 0 Å². The molecule has 0 bridgehead atoms. The molecule has 24 heavy (non-hydrogen) atoms. The summed E-state index contributed by atoms with van der Waals surface area (Å²) < 4.78 is 18.6. The van der Waals surface area contributed by atoms with Gasteiger partial charge in [0.1, 0.15) is 17.3 Å². The van der Waals surface area contributed by atoms with E-state index in [4.69, 9.17) is 4.74 Å². The van der Waals surface area contributed by atoms with E-state index in [0.717, 1.165) is 5.56 Å². The predicted octanol–water partition coefficient (Wildman–Crippen LogP) is 4.65. The number of amides is 1. The summed E-state index contributed by atoms with van der Waals surface area (Å²) in [4.78, 5) is 15.9. The first-order valence-electron chi connectivity index (χ1n) is 7.41. The Kier molecular flexibility index (Phi) is 5.18. The number of benzene rings is 2. The summed E-state index contributed by atoms with van der Waals surface area (Å²) in [6.45, 7) is 0. The van der Waals surface area contributed by atoms with Gasteiger partial charge in [0.2, 0.25) is 5.91 Å². The normalized spacial score (nSPS) is 10.4. The van der Waals surface area contributed by atoms with E-state index >= 15 is 0 Å². The van der Waals surface area contributed by atoms with Crippen molar-refractivity contribution in [2.45, 2.75) is 12.8 Å². The molecule has 0 saturated carbocycles. The molecule has 1 aromatic heterocycles. The molecule has 6 heteroatoms. The first-order valence-corrected chi connectivity index (χ1v) is 8.29. The van der Waals surface area contributed by atoms with E-state index in [-0.39, 0.29) is 11.7 Å². The van der Waals surface area contributed by atoms with Gasteiger partial charge in [-0.1, -0.05) is 12.1 Å². The minimum absolute atomic E-state index is 0.0743. The highest BCUT2D eigenvalue weighted by Crippen LogP contribution is 2.23. The second-order valence-electron chi connectivity index (χ2n) is 5.09. The summed E-state index contributed by atoms with van der Waals surface area (Å²) in [7, 11) is 0. The fourth-order valence-electron chi connectivity index (χ4n) is 2.13. The third-order valence-electron chi connectivity index (χ3n) is 3.27. The van der Waals surface area contributed by atoms with Crippen molar-refractivity contribution in [2.24, 2.45) is 0 Å². The van der Waals surface area contributed by atoms with Crippen molar-refractivity contribution in [3.8, 4) is 11.5 Å². The third kappa shape index (κ3) is 4.63. The molecule has 0 aliphatic carbocycles. The second-order valence-corrected chi connectivity index (χ2v) is 5.98. The number of thiazole rings is 1. The summed E-state index contributed by atoms with van der Waals surface area (Å²) >= 11 is 1.39. The zero-order valence-electron chi connectivity index (χ0n) is 12.7. The van der Waals surface area contributed by atoms with Gasteiger partial charge >= 0.3 is 0 Å². The highest BCUT2D eigenvalue weighted by Gasteiger charge is 2.06. The molecule has 0 saturated heterocycles. The van der Waals surface area contributed by atoms with Crippen molar-refractivity contribution in [3.05, 3.63) is 71.5 Å². The Morgan fingerprint density at radius 1 is 1.17 bits per heavy atom. The van der Waals surface area contributed by atoms with Crippen molar-refractivity contribution in [1.82, 2.24) is 4.98 Å². The Balaban J connectivity index is 1.56. The van der Waals surface area contributed by atoms with Gasteiger partial charge in [-0.2, -0.15) is 0 Å². The minimum Gasteiger partial charge on any atom is -0.457 e. The lowest BCUT2D eigenvalue weighted by Gasteiger charge is -2.08. The van der Waals surface area contributed by atoms with Crippen LogP contribution in [0.5, 0.6) is 11.5 Å². The number of aryl methyl sites for hydroxylation is 1. The molecule has 2 aromatic carbocycles. The van der Waals surface area contributed by atoms with E-state index in [0.29, 0.717) is 29.5 Å². The largest absolute Gasteiger partial charge is 0.457 e. The van der Waals surface area contributed by atoms with Crippen LogP contribution in [0.1, 0.15) is 12.0 Å². The maximum absolute atomic E-state index is 12.9. The third-order valence-corrected chi connectivity index (χ3v) is 3.96. The molecule has 3 aromatic rings. The standard InChI is InChI=1S/C18H15FN2O2S/c19-14-5-7-15(8-6-14)23-16-3-1-2-13(12-16)4-9-17(22)21-18-20-10-11-24-18/h1-3,5-8,10-12H,4,9H2,(H,20,21,22). The van der Waals surface area contributed by atoms with Gasteiger partial charge in [-0.05, 0) is 48.4 Å². The van der Waals surface area contributed by atoms with Crippen LogP contribution in [0.4, 0.5) is 9.52 Å². The van der Waals surface area contributed by atoms with Crippen molar-refractivity contribution in [1.29, 1.82) is 0 Å². The summed E-state index contributed by atoms with van der Waals surface area (Å²) in [6, 6.07) is 13.3. The molecular weight excluding hydrogens is 327 g/mol. The maximum Gasteiger partial charge on any atom is 0.226 e. The van der Waals surface area contributed by atoms with Crippen LogP contribution in [0.25, 0.3) is 0 Å². The van der Waals surface area contributed by atoms with Gasteiger partial charge in [0.05, 0.1) is 0 Å². The average Bonchev–Trinajstić information content (AvgIpc) is 3.08. The zero-order valence-corrected chi connectivity index (χ0v) is 13.6. The van der Waals surface area contributed by atoms with E-state index in [9.17, 15) is 9.18 Å².